The molecule has 0 aromatic rings. The molecule has 0 atom stereocenters. The third-order valence-electron chi connectivity index (χ3n) is 4.11. The van der Waals surface area contributed by atoms with E-state index in [1.165, 1.54) is 0 Å². The van der Waals surface area contributed by atoms with Crippen molar-refractivity contribution in [2.24, 2.45) is 0 Å². The third kappa shape index (κ3) is 4.02. The van der Waals surface area contributed by atoms with Gasteiger partial charge in [0.1, 0.15) is 0 Å². The van der Waals surface area contributed by atoms with Crippen LogP contribution in [0, 0.1) is 0 Å². The fraction of sp³-hybridized carbons (Fsp3) is 1.00. The molecule has 0 fully saturated rings. The number of phosphoric acid groups is 1. The van der Waals surface area contributed by atoms with Crippen LogP contribution in [-0.4, -0.2) is 37.9 Å². The van der Waals surface area contributed by atoms with Gasteiger partial charge in [-0.15, -0.1) is 0 Å². The van der Waals surface area contributed by atoms with Crippen LogP contribution >= 0.6 is 14.7 Å². The normalized spacial score (nSPS) is 15.3. The zero-order valence-electron chi connectivity index (χ0n) is 12.8. The van der Waals surface area contributed by atoms with Crippen molar-refractivity contribution in [2.75, 3.05) is 37.9 Å². The molecule has 0 aromatic heterocycles. The van der Waals surface area contributed by atoms with E-state index >= 15 is 0 Å². The van der Waals surface area contributed by atoms with Crippen molar-refractivity contribution in [1.29, 1.82) is 0 Å². The van der Waals surface area contributed by atoms with Crippen LogP contribution in [0.25, 0.3) is 0 Å². The van der Waals surface area contributed by atoms with Crippen molar-refractivity contribution in [2.45, 2.75) is 41.5 Å². The van der Waals surface area contributed by atoms with Crippen LogP contribution in [-0.2, 0) is 17.9 Å². The Balaban J connectivity index is 5.35. The summed E-state index contributed by atoms with van der Waals surface area (Å²) in [6.45, 7) is 10.3. The zero-order chi connectivity index (χ0) is 14.3. The van der Waals surface area contributed by atoms with E-state index < -0.39 is 14.7 Å². The Morgan fingerprint density at radius 3 is 1.33 bits per heavy atom. The second-order valence-electron chi connectivity index (χ2n) is 4.49. The van der Waals surface area contributed by atoms with Gasteiger partial charge >= 0.3 is 112 Å². The molecule has 18 heavy (non-hydrogen) atoms. The van der Waals surface area contributed by atoms with Crippen molar-refractivity contribution < 1.29 is 17.9 Å². The first-order valence-electron chi connectivity index (χ1n) is 7.00. The van der Waals surface area contributed by atoms with Gasteiger partial charge in [-0.3, -0.25) is 0 Å². The van der Waals surface area contributed by atoms with E-state index in [4.69, 9.17) is 13.4 Å². The molecular weight excluding hydrogens is 270 g/mol. The first-order valence-corrected chi connectivity index (χ1v) is 11.4. The Morgan fingerprint density at radius 2 is 1.11 bits per heavy atom. The van der Waals surface area contributed by atoms with Gasteiger partial charge in [0.2, 0.25) is 0 Å². The minimum absolute atomic E-state index is 0.338. The fourth-order valence-corrected chi connectivity index (χ4v) is 10.1. The maximum atomic E-state index is 12.6. The summed E-state index contributed by atoms with van der Waals surface area (Å²) >= 11 is 0. The summed E-state index contributed by atoms with van der Waals surface area (Å²) in [6, 6.07) is 0. The number of hydrogen-bond donors (Lipinski definition) is 0. The van der Waals surface area contributed by atoms with Gasteiger partial charge in [-0.05, 0) is 0 Å². The molecule has 0 rings (SSSR count). The predicted molar refractivity (Wildman–Crippen MR) is 81.0 cm³/mol. The molecule has 0 unspecified atom stereocenters. The van der Waals surface area contributed by atoms with Crippen molar-refractivity contribution >= 4 is 14.7 Å². The minimum atomic E-state index is -3.41. The second-order valence-corrected chi connectivity index (χ2v) is 12.8. The van der Waals surface area contributed by atoms with Crippen molar-refractivity contribution in [3.8, 4) is 0 Å². The van der Waals surface area contributed by atoms with E-state index in [-0.39, 0.29) is 0 Å². The number of phosphoric ester groups is 1. The van der Waals surface area contributed by atoms with Gasteiger partial charge in [0, 0.05) is 0 Å². The molecule has 112 valence electrons. The molecule has 4 nitrogen and oxygen atoms in total. The van der Waals surface area contributed by atoms with E-state index in [9.17, 15) is 4.57 Å². The molecule has 0 aliphatic heterocycles. The van der Waals surface area contributed by atoms with Crippen LogP contribution < -0.4 is 0 Å². The summed E-state index contributed by atoms with van der Waals surface area (Å²) in [5.74, 6) is 0. The van der Waals surface area contributed by atoms with E-state index in [1.54, 1.807) is 13.8 Å². The zero-order valence-corrected chi connectivity index (χ0v) is 14.6. The van der Waals surface area contributed by atoms with Gasteiger partial charge < -0.3 is 0 Å². The molecule has 0 spiro atoms. The van der Waals surface area contributed by atoms with Crippen LogP contribution in [0.1, 0.15) is 41.5 Å². The van der Waals surface area contributed by atoms with Crippen LogP contribution in [0.2, 0.25) is 0 Å². The summed E-state index contributed by atoms with van der Waals surface area (Å²) in [6.07, 6.45) is 3.66. The molecule has 0 heterocycles. The number of rotatable bonds is 10. The molecule has 6 heteroatoms. The molecule has 0 N–H and O–H groups in total. The van der Waals surface area contributed by atoms with E-state index in [2.05, 4.69) is 27.7 Å². The van der Waals surface area contributed by atoms with Crippen molar-refractivity contribution in [3.63, 3.8) is 0 Å². The second kappa shape index (κ2) is 7.36. The average Bonchev–Trinajstić information content (AvgIpc) is 2.38. The van der Waals surface area contributed by atoms with E-state index in [0.717, 1.165) is 24.6 Å². The molecule has 0 aliphatic carbocycles. The summed E-state index contributed by atoms with van der Waals surface area (Å²) < 4.78 is 29.4. The summed E-state index contributed by atoms with van der Waals surface area (Å²) in [7, 11) is -3.41. The quantitative estimate of drug-likeness (QED) is 0.547. The third-order valence-corrected chi connectivity index (χ3v) is 14.3. The average molecular weight is 300 g/mol. The van der Waals surface area contributed by atoms with Crippen LogP contribution in [0.4, 0.5) is 0 Å². The summed E-state index contributed by atoms with van der Waals surface area (Å²) in [4.78, 5) is 0. The molecule has 0 aromatic carbocycles. The van der Waals surface area contributed by atoms with Crippen molar-refractivity contribution in [1.82, 2.24) is 0 Å². The topological polar surface area (TPSA) is 44.8 Å². The first kappa shape index (κ1) is 18.5. The standard InChI is InChI=1S/C12H30O4P2/c1-7-14-17(13,15-8-2)16-18(9-3,10-4,11-5)12-6/h7-12H2,1-6H3. The molecule has 0 saturated carbocycles. The molecule has 0 amide bonds. The Labute approximate surface area is 112 Å². The van der Waals surface area contributed by atoms with Crippen molar-refractivity contribution in [3.05, 3.63) is 0 Å². The van der Waals surface area contributed by atoms with E-state index in [0.29, 0.717) is 13.2 Å². The van der Waals surface area contributed by atoms with Gasteiger partial charge in [0.15, 0.2) is 0 Å². The Kier molecular flexibility index (Phi) is 7.58. The summed E-state index contributed by atoms with van der Waals surface area (Å²) in [5, 5.41) is 0. The van der Waals surface area contributed by atoms with Gasteiger partial charge in [-0.25, -0.2) is 0 Å². The molecule has 0 bridgehead atoms. The number of hydrogen-bond acceptors (Lipinski definition) is 4. The maximum absolute atomic E-state index is 12.6. The fourth-order valence-electron chi connectivity index (χ4n) is 2.26. The molecule has 0 radical (unpaired) electrons. The molecule has 0 aliphatic rings. The Hall–Kier alpha value is 0.540. The Bertz CT molecular complexity index is 256. The predicted octanol–water partition coefficient (Wildman–Crippen LogP) is 4.73. The van der Waals surface area contributed by atoms with Gasteiger partial charge in [-0.1, -0.05) is 0 Å². The molecular formula is C12H30O4P2. The van der Waals surface area contributed by atoms with Crippen LogP contribution in [0.3, 0.4) is 0 Å². The van der Waals surface area contributed by atoms with E-state index in [1.807, 2.05) is 0 Å². The van der Waals surface area contributed by atoms with Crippen LogP contribution in [0.15, 0.2) is 0 Å². The van der Waals surface area contributed by atoms with Gasteiger partial charge in [0.05, 0.1) is 0 Å². The van der Waals surface area contributed by atoms with Gasteiger partial charge in [-0.2, -0.15) is 0 Å². The Morgan fingerprint density at radius 1 is 0.778 bits per heavy atom. The summed E-state index contributed by atoms with van der Waals surface area (Å²) in [5.41, 5.74) is 0. The monoisotopic (exact) mass is 300 g/mol. The van der Waals surface area contributed by atoms with Crippen LogP contribution in [0.5, 0.6) is 0 Å². The SMILES string of the molecule is CCOP(=O)(OCC)OP(CC)(CC)(CC)CC. The van der Waals surface area contributed by atoms with Gasteiger partial charge in [0.25, 0.3) is 0 Å². The molecule has 0 saturated heterocycles. The first-order chi connectivity index (χ1) is 8.38.